The van der Waals surface area contributed by atoms with Crippen molar-refractivity contribution in [3.63, 3.8) is 0 Å². The zero-order valence-electron chi connectivity index (χ0n) is 9.55. The van der Waals surface area contributed by atoms with Crippen molar-refractivity contribution in [1.29, 1.82) is 0 Å². The molecule has 1 rings (SSSR count). The maximum atomic E-state index is 13.2. The highest BCUT2D eigenvalue weighted by atomic mass is 19.2. The predicted molar refractivity (Wildman–Crippen MR) is 57.5 cm³/mol. The average Bonchev–Trinajstić information content (AvgIpc) is 2.39. The lowest BCUT2D eigenvalue weighted by molar-refractivity contribution is -0.117. The van der Waals surface area contributed by atoms with Crippen molar-refractivity contribution in [3.05, 3.63) is 29.3 Å². The van der Waals surface area contributed by atoms with Gasteiger partial charge in [0.2, 0.25) is 5.91 Å². The Bertz CT molecular complexity index is 522. The molecule has 0 saturated carbocycles. The van der Waals surface area contributed by atoms with Crippen LogP contribution in [0.1, 0.15) is 6.92 Å². The molecule has 1 amide bonds. The third-order valence-corrected chi connectivity index (χ3v) is 2.31. The van der Waals surface area contributed by atoms with E-state index in [0.29, 0.717) is 0 Å². The third kappa shape index (κ3) is 2.92. The highest BCUT2D eigenvalue weighted by Gasteiger charge is 2.24. The molecule has 4 N–H and O–H groups in total. The van der Waals surface area contributed by atoms with Gasteiger partial charge in [-0.1, -0.05) is 5.16 Å². The topological polar surface area (TPSA) is 87.7 Å². The molecule has 0 aliphatic heterocycles. The minimum absolute atomic E-state index is 0.00724. The number of carbonyl (C=O) groups is 1. The third-order valence-electron chi connectivity index (χ3n) is 2.31. The fourth-order valence-electron chi connectivity index (χ4n) is 1.14. The summed E-state index contributed by atoms with van der Waals surface area (Å²) in [5, 5.41) is 12.5. The number of amidine groups is 1. The van der Waals surface area contributed by atoms with Gasteiger partial charge in [-0.2, -0.15) is 0 Å². The van der Waals surface area contributed by atoms with E-state index in [1.807, 2.05) is 0 Å². The molecule has 104 valence electrons. The fraction of sp³-hybridized carbons (Fsp3) is 0.200. The minimum Gasteiger partial charge on any atom is -0.409 e. The number of amides is 1. The molecular formula is C10H9F4N3O2. The summed E-state index contributed by atoms with van der Waals surface area (Å²) in [4.78, 5) is 11.5. The molecule has 0 bridgehead atoms. The minimum atomic E-state index is -1.75. The van der Waals surface area contributed by atoms with Gasteiger partial charge in [0, 0.05) is 6.07 Å². The van der Waals surface area contributed by atoms with Crippen molar-refractivity contribution < 1.29 is 27.6 Å². The summed E-state index contributed by atoms with van der Waals surface area (Å²) in [5.41, 5.74) is 3.83. The first kappa shape index (κ1) is 14.7. The molecule has 5 nitrogen and oxygen atoms in total. The van der Waals surface area contributed by atoms with Crippen LogP contribution in [-0.2, 0) is 4.79 Å². The number of nitrogens with zero attached hydrogens (tertiary/aromatic N) is 1. The Morgan fingerprint density at radius 1 is 1.32 bits per heavy atom. The summed E-state index contributed by atoms with van der Waals surface area (Å²) < 4.78 is 52.2. The van der Waals surface area contributed by atoms with Gasteiger partial charge in [-0.3, -0.25) is 4.79 Å². The van der Waals surface area contributed by atoms with Gasteiger partial charge < -0.3 is 16.3 Å². The van der Waals surface area contributed by atoms with E-state index in [2.05, 4.69) is 5.16 Å². The Labute approximate surface area is 104 Å². The summed E-state index contributed by atoms with van der Waals surface area (Å²) in [6.07, 6.45) is 0. The number of hydrogen-bond donors (Lipinski definition) is 3. The van der Waals surface area contributed by atoms with Crippen molar-refractivity contribution in [1.82, 2.24) is 0 Å². The van der Waals surface area contributed by atoms with Crippen LogP contribution in [-0.4, -0.2) is 17.0 Å². The fourth-order valence-corrected chi connectivity index (χ4v) is 1.14. The number of nitrogens with one attached hydrogen (secondary N) is 1. The molecule has 0 saturated heterocycles. The number of halogens is 4. The van der Waals surface area contributed by atoms with E-state index in [9.17, 15) is 22.4 Å². The summed E-state index contributed by atoms with van der Waals surface area (Å²) in [7, 11) is 0. The van der Waals surface area contributed by atoms with Gasteiger partial charge >= 0.3 is 0 Å². The molecule has 9 heteroatoms. The van der Waals surface area contributed by atoms with E-state index in [4.69, 9.17) is 10.9 Å². The lowest BCUT2D eigenvalue weighted by Gasteiger charge is -2.12. The van der Waals surface area contributed by atoms with Crippen LogP contribution in [0.15, 0.2) is 11.2 Å². The molecule has 0 aliphatic carbocycles. The number of carbonyl (C=O) groups excluding carboxylic acids is 1. The molecule has 1 atom stereocenters. The first-order chi connectivity index (χ1) is 8.79. The Morgan fingerprint density at radius 3 is 2.21 bits per heavy atom. The van der Waals surface area contributed by atoms with Crippen molar-refractivity contribution >= 4 is 17.4 Å². The van der Waals surface area contributed by atoms with Crippen LogP contribution >= 0.6 is 0 Å². The number of hydrogen-bond acceptors (Lipinski definition) is 3. The second-order valence-electron chi connectivity index (χ2n) is 3.58. The van der Waals surface area contributed by atoms with Crippen LogP contribution in [0, 0.1) is 29.2 Å². The van der Waals surface area contributed by atoms with E-state index in [1.54, 1.807) is 5.32 Å². The smallest absolute Gasteiger partial charge is 0.235 e. The van der Waals surface area contributed by atoms with Crippen LogP contribution in [0.2, 0.25) is 0 Å². The van der Waals surface area contributed by atoms with Gasteiger partial charge in [-0.05, 0) is 6.92 Å². The first-order valence-electron chi connectivity index (χ1n) is 4.90. The van der Waals surface area contributed by atoms with Gasteiger partial charge in [0.05, 0.1) is 5.92 Å². The lowest BCUT2D eigenvalue weighted by Crippen LogP contribution is -2.33. The van der Waals surface area contributed by atoms with Crippen molar-refractivity contribution in [3.8, 4) is 0 Å². The largest absolute Gasteiger partial charge is 0.409 e. The van der Waals surface area contributed by atoms with E-state index in [1.165, 1.54) is 0 Å². The average molecular weight is 279 g/mol. The molecular weight excluding hydrogens is 270 g/mol. The molecule has 0 heterocycles. The molecule has 0 spiro atoms. The number of rotatable bonds is 3. The number of anilines is 1. The molecule has 0 radical (unpaired) electrons. The van der Waals surface area contributed by atoms with Crippen molar-refractivity contribution in [2.75, 3.05) is 5.32 Å². The quantitative estimate of drug-likeness (QED) is 0.196. The summed E-state index contributed by atoms with van der Waals surface area (Å²) >= 11 is 0. The van der Waals surface area contributed by atoms with Crippen LogP contribution in [0.3, 0.4) is 0 Å². The maximum absolute atomic E-state index is 13.2. The van der Waals surface area contributed by atoms with E-state index < -0.39 is 46.6 Å². The molecule has 0 fully saturated rings. The second kappa shape index (κ2) is 5.55. The zero-order chi connectivity index (χ0) is 14.7. The monoisotopic (exact) mass is 279 g/mol. The first-order valence-corrected chi connectivity index (χ1v) is 4.90. The van der Waals surface area contributed by atoms with Crippen molar-refractivity contribution in [2.45, 2.75) is 6.92 Å². The molecule has 19 heavy (non-hydrogen) atoms. The van der Waals surface area contributed by atoms with E-state index in [0.717, 1.165) is 6.92 Å². The van der Waals surface area contributed by atoms with Gasteiger partial charge in [-0.25, -0.2) is 17.6 Å². The second-order valence-corrected chi connectivity index (χ2v) is 3.58. The van der Waals surface area contributed by atoms with Crippen LogP contribution in [0.25, 0.3) is 0 Å². The number of benzene rings is 1. The number of nitrogens with two attached hydrogens (primary N) is 1. The summed E-state index contributed by atoms with van der Waals surface area (Å²) in [6, 6.07) is 0.00724. The zero-order valence-corrected chi connectivity index (χ0v) is 9.55. The summed E-state index contributed by atoms with van der Waals surface area (Å²) in [5.74, 6) is -9.71. The van der Waals surface area contributed by atoms with Crippen LogP contribution < -0.4 is 11.1 Å². The van der Waals surface area contributed by atoms with Gasteiger partial charge in [-0.15, -0.1) is 0 Å². The van der Waals surface area contributed by atoms with E-state index in [-0.39, 0.29) is 6.07 Å². The lowest BCUT2D eigenvalue weighted by atomic mass is 10.1. The Morgan fingerprint density at radius 2 is 1.79 bits per heavy atom. The van der Waals surface area contributed by atoms with Gasteiger partial charge in [0.15, 0.2) is 29.1 Å². The Kier molecular flexibility index (Phi) is 4.30. The Hall–Kier alpha value is -2.32. The molecule has 1 aromatic rings. The number of oxime groups is 1. The standard InChI is InChI=1S/C10H9F4N3O2/c1-3(9(15)17-19)10(18)16-8-6(13)4(11)2-5(12)7(8)14/h2-3,19H,1H3,(H2,15,17)(H,16,18). The molecule has 0 aromatic heterocycles. The van der Waals surface area contributed by atoms with Crippen molar-refractivity contribution in [2.24, 2.45) is 16.8 Å². The van der Waals surface area contributed by atoms with Crippen LogP contribution in [0.5, 0.6) is 0 Å². The van der Waals surface area contributed by atoms with Gasteiger partial charge in [0.1, 0.15) is 5.69 Å². The van der Waals surface area contributed by atoms with E-state index >= 15 is 0 Å². The highest BCUT2D eigenvalue weighted by molar-refractivity contribution is 6.07. The molecule has 0 aliphatic rings. The predicted octanol–water partition coefficient (Wildman–Crippen LogP) is 1.56. The van der Waals surface area contributed by atoms with Gasteiger partial charge in [0.25, 0.3) is 0 Å². The maximum Gasteiger partial charge on any atom is 0.235 e. The molecule has 1 aromatic carbocycles. The Balaban J connectivity index is 3.10. The van der Waals surface area contributed by atoms with Crippen LogP contribution in [0.4, 0.5) is 23.2 Å². The highest BCUT2D eigenvalue weighted by Crippen LogP contribution is 2.24. The SMILES string of the molecule is CC(C(=O)Nc1c(F)c(F)cc(F)c1F)/C(N)=N/O. The summed E-state index contributed by atoms with van der Waals surface area (Å²) in [6.45, 7) is 1.16. The normalized spacial score (nSPS) is 13.2. The molecule has 1 unspecified atom stereocenters.